The van der Waals surface area contributed by atoms with E-state index in [4.69, 9.17) is 0 Å². The Bertz CT molecular complexity index is 554. The van der Waals surface area contributed by atoms with Gasteiger partial charge in [0, 0.05) is 28.2 Å². The first-order valence-electron chi connectivity index (χ1n) is 5.62. The SMILES string of the molecule is Cc1cc(=O)[nH]c(SCCSc2ccccc2)n1. The van der Waals surface area contributed by atoms with Crippen molar-refractivity contribution in [3.05, 3.63) is 52.4 Å². The number of aromatic amines is 1. The summed E-state index contributed by atoms with van der Waals surface area (Å²) >= 11 is 3.39. The summed E-state index contributed by atoms with van der Waals surface area (Å²) in [5.41, 5.74) is 0.678. The maximum absolute atomic E-state index is 11.3. The zero-order valence-electron chi connectivity index (χ0n) is 10.1. The number of thioether (sulfide) groups is 2. The van der Waals surface area contributed by atoms with Crippen LogP contribution in [-0.4, -0.2) is 21.5 Å². The predicted octanol–water partition coefficient (Wildman–Crippen LogP) is 2.96. The summed E-state index contributed by atoms with van der Waals surface area (Å²) in [7, 11) is 0. The molecule has 0 fully saturated rings. The summed E-state index contributed by atoms with van der Waals surface area (Å²) < 4.78 is 0. The van der Waals surface area contributed by atoms with Gasteiger partial charge in [-0.2, -0.15) is 0 Å². The minimum atomic E-state index is -0.0827. The number of hydrogen-bond donors (Lipinski definition) is 1. The van der Waals surface area contributed by atoms with E-state index in [0.29, 0.717) is 5.16 Å². The third kappa shape index (κ3) is 4.23. The first kappa shape index (κ1) is 13.2. The normalized spacial score (nSPS) is 10.5. The Morgan fingerprint density at radius 3 is 2.61 bits per heavy atom. The Hall–Kier alpha value is -1.20. The van der Waals surface area contributed by atoms with Crippen LogP contribution >= 0.6 is 23.5 Å². The van der Waals surface area contributed by atoms with E-state index in [1.807, 2.05) is 36.9 Å². The monoisotopic (exact) mass is 278 g/mol. The maximum Gasteiger partial charge on any atom is 0.251 e. The molecule has 0 spiro atoms. The van der Waals surface area contributed by atoms with Crippen LogP contribution in [-0.2, 0) is 0 Å². The number of aryl methyl sites for hydroxylation is 1. The summed E-state index contributed by atoms with van der Waals surface area (Å²) in [6.07, 6.45) is 0. The fourth-order valence-corrected chi connectivity index (χ4v) is 3.26. The fourth-order valence-electron chi connectivity index (χ4n) is 1.43. The molecule has 0 aliphatic heterocycles. The van der Waals surface area contributed by atoms with Gasteiger partial charge in [-0.3, -0.25) is 4.79 Å². The lowest BCUT2D eigenvalue weighted by Gasteiger charge is -2.02. The van der Waals surface area contributed by atoms with Crippen molar-refractivity contribution in [2.75, 3.05) is 11.5 Å². The molecule has 1 N–H and O–H groups in total. The molecule has 0 unspecified atom stereocenters. The maximum atomic E-state index is 11.3. The Morgan fingerprint density at radius 2 is 1.89 bits per heavy atom. The van der Waals surface area contributed by atoms with E-state index in [0.717, 1.165) is 17.2 Å². The molecule has 2 aromatic rings. The second kappa shape index (κ2) is 6.66. The Balaban J connectivity index is 1.80. The highest BCUT2D eigenvalue weighted by atomic mass is 32.2. The first-order chi connectivity index (χ1) is 8.74. The summed E-state index contributed by atoms with van der Waals surface area (Å²) in [5, 5.41) is 0.702. The lowest BCUT2D eigenvalue weighted by molar-refractivity contribution is 0.906. The average Bonchev–Trinajstić information content (AvgIpc) is 2.35. The van der Waals surface area contributed by atoms with Gasteiger partial charge in [0.15, 0.2) is 5.16 Å². The number of rotatable bonds is 5. The van der Waals surface area contributed by atoms with Crippen molar-refractivity contribution in [3.63, 3.8) is 0 Å². The van der Waals surface area contributed by atoms with Gasteiger partial charge in [-0.1, -0.05) is 30.0 Å². The molecule has 94 valence electrons. The molecule has 0 aliphatic carbocycles. The number of hydrogen-bond acceptors (Lipinski definition) is 4. The summed E-state index contributed by atoms with van der Waals surface area (Å²) in [6, 6.07) is 11.8. The Morgan fingerprint density at radius 1 is 1.17 bits per heavy atom. The molecule has 0 radical (unpaired) electrons. The predicted molar refractivity (Wildman–Crippen MR) is 77.5 cm³/mol. The van der Waals surface area contributed by atoms with E-state index in [-0.39, 0.29) is 5.56 Å². The van der Waals surface area contributed by atoms with E-state index in [2.05, 4.69) is 22.1 Å². The second-order valence-corrected chi connectivity index (χ2v) is 5.95. The van der Waals surface area contributed by atoms with Crippen molar-refractivity contribution >= 4 is 23.5 Å². The van der Waals surface area contributed by atoms with E-state index >= 15 is 0 Å². The lowest BCUT2D eigenvalue weighted by Crippen LogP contribution is -2.08. The van der Waals surface area contributed by atoms with E-state index in [9.17, 15) is 4.79 Å². The van der Waals surface area contributed by atoms with Crippen molar-refractivity contribution in [2.24, 2.45) is 0 Å². The van der Waals surface area contributed by atoms with Gasteiger partial charge in [0.2, 0.25) is 0 Å². The minimum absolute atomic E-state index is 0.0827. The molecule has 5 heteroatoms. The van der Waals surface area contributed by atoms with Crippen molar-refractivity contribution in [1.29, 1.82) is 0 Å². The number of nitrogens with one attached hydrogen (secondary N) is 1. The number of aromatic nitrogens is 2. The van der Waals surface area contributed by atoms with Crippen molar-refractivity contribution in [3.8, 4) is 0 Å². The van der Waals surface area contributed by atoms with E-state index in [1.54, 1.807) is 11.8 Å². The van der Waals surface area contributed by atoms with Gasteiger partial charge in [-0.05, 0) is 19.1 Å². The van der Waals surface area contributed by atoms with Crippen molar-refractivity contribution in [2.45, 2.75) is 17.0 Å². The number of nitrogens with zero attached hydrogens (tertiary/aromatic N) is 1. The first-order valence-corrected chi connectivity index (χ1v) is 7.60. The van der Waals surface area contributed by atoms with E-state index in [1.165, 1.54) is 11.0 Å². The molecular weight excluding hydrogens is 264 g/mol. The molecule has 0 amide bonds. The van der Waals surface area contributed by atoms with Crippen molar-refractivity contribution in [1.82, 2.24) is 9.97 Å². The zero-order chi connectivity index (χ0) is 12.8. The van der Waals surface area contributed by atoms with Crippen LogP contribution in [0.3, 0.4) is 0 Å². The van der Waals surface area contributed by atoms with Gasteiger partial charge in [0.05, 0.1) is 0 Å². The molecule has 0 saturated heterocycles. The summed E-state index contributed by atoms with van der Waals surface area (Å²) in [4.78, 5) is 19.5. The highest BCUT2D eigenvalue weighted by molar-refractivity contribution is 8.02. The Labute approximate surface area is 114 Å². The smallest absolute Gasteiger partial charge is 0.251 e. The number of H-pyrrole nitrogens is 1. The van der Waals surface area contributed by atoms with Crippen molar-refractivity contribution < 1.29 is 0 Å². The van der Waals surface area contributed by atoms with Crippen LogP contribution in [0, 0.1) is 6.92 Å². The summed E-state index contributed by atoms with van der Waals surface area (Å²) in [6.45, 7) is 1.83. The minimum Gasteiger partial charge on any atom is -0.301 e. The molecule has 0 bridgehead atoms. The molecule has 0 atom stereocenters. The molecule has 2 rings (SSSR count). The molecule has 1 aromatic heterocycles. The zero-order valence-corrected chi connectivity index (χ0v) is 11.7. The van der Waals surface area contributed by atoms with Gasteiger partial charge >= 0.3 is 0 Å². The van der Waals surface area contributed by atoms with Gasteiger partial charge < -0.3 is 4.98 Å². The summed E-state index contributed by atoms with van der Waals surface area (Å²) in [5.74, 6) is 1.91. The Kier molecular flexibility index (Phi) is 4.90. The molecule has 1 heterocycles. The molecule has 18 heavy (non-hydrogen) atoms. The molecule has 0 saturated carbocycles. The van der Waals surface area contributed by atoms with E-state index < -0.39 is 0 Å². The van der Waals surface area contributed by atoms with Crippen LogP contribution < -0.4 is 5.56 Å². The quantitative estimate of drug-likeness (QED) is 0.519. The highest BCUT2D eigenvalue weighted by Crippen LogP contribution is 2.20. The standard InChI is InChI=1S/C13H14N2OS2/c1-10-9-12(16)15-13(14-10)18-8-7-17-11-5-3-2-4-6-11/h2-6,9H,7-8H2,1H3,(H,14,15,16). The highest BCUT2D eigenvalue weighted by Gasteiger charge is 1.99. The number of benzene rings is 1. The van der Waals surface area contributed by atoms with Crippen LogP contribution in [0.15, 0.2) is 51.2 Å². The van der Waals surface area contributed by atoms with Crippen LogP contribution in [0.25, 0.3) is 0 Å². The largest absolute Gasteiger partial charge is 0.301 e. The third-order valence-electron chi connectivity index (χ3n) is 2.18. The molecule has 0 aliphatic rings. The van der Waals surface area contributed by atoms with Crippen LogP contribution in [0.4, 0.5) is 0 Å². The third-order valence-corrected chi connectivity index (χ3v) is 4.33. The molecule has 1 aromatic carbocycles. The van der Waals surface area contributed by atoms with Gasteiger partial charge in [-0.25, -0.2) is 4.98 Å². The topological polar surface area (TPSA) is 45.8 Å². The van der Waals surface area contributed by atoms with Gasteiger partial charge in [0.1, 0.15) is 0 Å². The van der Waals surface area contributed by atoms with Gasteiger partial charge in [0.25, 0.3) is 5.56 Å². The van der Waals surface area contributed by atoms with Crippen LogP contribution in [0.2, 0.25) is 0 Å². The average molecular weight is 278 g/mol. The van der Waals surface area contributed by atoms with Crippen LogP contribution in [0.1, 0.15) is 5.69 Å². The fraction of sp³-hybridized carbons (Fsp3) is 0.231. The lowest BCUT2D eigenvalue weighted by atomic mass is 10.4. The van der Waals surface area contributed by atoms with Crippen LogP contribution in [0.5, 0.6) is 0 Å². The molecule has 3 nitrogen and oxygen atoms in total. The second-order valence-electron chi connectivity index (χ2n) is 3.70. The molecular formula is C13H14N2OS2. The van der Waals surface area contributed by atoms with Gasteiger partial charge in [-0.15, -0.1) is 11.8 Å².